The van der Waals surface area contributed by atoms with E-state index in [-0.39, 0.29) is 54.3 Å². The lowest BCUT2D eigenvalue weighted by atomic mass is 9.84. The van der Waals surface area contributed by atoms with E-state index in [1.54, 1.807) is 31.4 Å². The van der Waals surface area contributed by atoms with Gasteiger partial charge in [0.15, 0.2) is 6.10 Å². The van der Waals surface area contributed by atoms with Crippen molar-refractivity contribution in [2.45, 2.75) is 176 Å². The van der Waals surface area contributed by atoms with Gasteiger partial charge in [0.1, 0.15) is 16.7 Å². The van der Waals surface area contributed by atoms with E-state index in [4.69, 9.17) is 15.5 Å². The number of carboxylic acid groups (broad SMARTS) is 1. The van der Waals surface area contributed by atoms with Crippen molar-refractivity contribution in [2.24, 2.45) is 17.3 Å². The molecule has 1 aromatic heterocycles. The summed E-state index contributed by atoms with van der Waals surface area (Å²) in [5.41, 5.74) is 6.37. The van der Waals surface area contributed by atoms with Crippen molar-refractivity contribution in [2.75, 3.05) is 18.8 Å². The molecular weight excluding hydrogens is 781 g/mol. The van der Waals surface area contributed by atoms with Gasteiger partial charge in [-0.05, 0) is 95.9 Å². The Morgan fingerprint density at radius 1 is 1.02 bits per heavy atom. The Labute approximate surface area is 363 Å². The van der Waals surface area contributed by atoms with Crippen molar-refractivity contribution in [3.63, 3.8) is 0 Å². The molecule has 14 heteroatoms. The Kier molecular flexibility index (Phi) is 20.0. The third-order valence-corrected chi connectivity index (χ3v) is 12.9. The van der Waals surface area contributed by atoms with Gasteiger partial charge in [0, 0.05) is 49.1 Å². The molecule has 1 aliphatic heterocycles. The van der Waals surface area contributed by atoms with E-state index in [1.165, 1.54) is 18.3 Å². The molecule has 1 saturated heterocycles. The molecule has 3 amide bonds. The van der Waals surface area contributed by atoms with E-state index in [0.717, 1.165) is 57.1 Å². The molecular formula is C46H74N6O7S. The van der Waals surface area contributed by atoms with Gasteiger partial charge < -0.3 is 31.1 Å². The topological polar surface area (TPSA) is 184 Å². The van der Waals surface area contributed by atoms with Crippen molar-refractivity contribution >= 4 is 46.7 Å². The molecule has 1 fully saturated rings. The average Bonchev–Trinajstić information content (AvgIpc) is 3.69. The Bertz CT molecular complexity index is 1700. The van der Waals surface area contributed by atoms with Crippen LogP contribution in [0.25, 0.3) is 0 Å². The molecule has 0 unspecified atom stereocenters. The number of hydrogen-bond donors (Lipinski definition) is 4. The number of aromatic nitrogens is 1. The van der Waals surface area contributed by atoms with Crippen LogP contribution in [0.5, 0.6) is 0 Å². The van der Waals surface area contributed by atoms with E-state index >= 15 is 0 Å². The van der Waals surface area contributed by atoms with Crippen LogP contribution in [0.4, 0.5) is 5.69 Å². The van der Waals surface area contributed by atoms with Crippen LogP contribution in [0.2, 0.25) is 0 Å². The number of benzene rings is 1. The van der Waals surface area contributed by atoms with Crippen molar-refractivity contribution in [3.8, 4) is 0 Å². The number of rotatable bonds is 24. The summed E-state index contributed by atoms with van der Waals surface area (Å²) in [4.78, 5) is 76.4. The summed E-state index contributed by atoms with van der Waals surface area (Å²) in [5.74, 6) is -2.41. The minimum atomic E-state index is -1.12. The second kappa shape index (κ2) is 23.8. The molecule has 1 aromatic carbocycles. The second-order valence-electron chi connectivity index (χ2n) is 18.0. The predicted octanol–water partition coefficient (Wildman–Crippen LogP) is 7.79. The lowest BCUT2D eigenvalue weighted by molar-refractivity contribution is -0.150. The number of esters is 1. The zero-order valence-electron chi connectivity index (χ0n) is 37.9. The third-order valence-electron chi connectivity index (χ3n) is 11.9. The number of amides is 3. The minimum absolute atomic E-state index is 0.0596. The number of unbranched alkanes of at least 4 members (excludes halogenated alkanes) is 3. The van der Waals surface area contributed by atoms with Gasteiger partial charge in [-0.15, -0.1) is 11.3 Å². The first kappa shape index (κ1) is 50.3. The Morgan fingerprint density at radius 2 is 1.70 bits per heavy atom. The number of nitrogen functional groups attached to an aromatic ring is 1. The molecule has 0 radical (unpaired) electrons. The third kappa shape index (κ3) is 14.8. The van der Waals surface area contributed by atoms with Gasteiger partial charge in [0.25, 0.3) is 5.91 Å². The summed E-state index contributed by atoms with van der Waals surface area (Å²) in [7, 11) is 0. The fraction of sp³-hybridized carbons (Fsp3) is 0.696. The highest BCUT2D eigenvalue weighted by atomic mass is 32.1. The maximum absolute atomic E-state index is 15.0. The molecule has 0 saturated carbocycles. The number of nitrogens with zero attached hydrogens (tertiary/aromatic N) is 3. The molecule has 60 heavy (non-hydrogen) atoms. The minimum Gasteiger partial charge on any atom is -0.481 e. The predicted molar refractivity (Wildman–Crippen MR) is 238 cm³/mol. The van der Waals surface area contributed by atoms with E-state index < -0.39 is 47.5 Å². The second-order valence-corrected chi connectivity index (χ2v) is 18.9. The number of carboxylic acids is 1. The first-order valence-corrected chi connectivity index (χ1v) is 23.0. The summed E-state index contributed by atoms with van der Waals surface area (Å²) in [6.45, 7) is 20.4. The van der Waals surface area contributed by atoms with Crippen LogP contribution >= 0.6 is 11.3 Å². The van der Waals surface area contributed by atoms with Gasteiger partial charge >= 0.3 is 11.9 Å². The SMILES string of the molecule is CCCCCCN(C(=O)[C@@H](NC(=O)[C@H]1CCCCN1C(C)C)[C@@H](C)CC)[C@H](C[C@@H](OC(C)=O)c1nc(C(=O)N[C@@H](Cc2ccc(N)cc2)CC(C)(C)C(=O)O)cs1)C(C)C. The standard InChI is InChI=1S/C46H74N6O7S/c1-11-13-14-16-24-52(44(56)40(31(7)12-2)50-42(55)37-18-15-17-23-51(37)30(5)6)38(29(3)4)26-39(59-32(8)53)43-49-36(28-60-43)41(54)48-35(27-46(9,10)45(57)58)25-33-19-21-34(47)22-20-33/h19-22,28-31,35,37-40H,11-18,23-27,47H2,1-10H3,(H,48,54)(H,50,55)(H,57,58)/t31-,35-,37+,38+,39+,40-/m0/s1. The molecule has 6 atom stereocenters. The summed E-state index contributed by atoms with van der Waals surface area (Å²) in [6, 6.07) is 5.48. The van der Waals surface area contributed by atoms with Crippen LogP contribution in [-0.4, -0.2) is 92.8 Å². The van der Waals surface area contributed by atoms with Crippen molar-refractivity contribution in [1.82, 2.24) is 25.4 Å². The van der Waals surface area contributed by atoms with E-state index in [2.05, 4.69) is 36.3 Å². The summed E-state index contributed by atoms with van der Waals surface area (Å²) in [6.07, 6.45) is 7.17. The van der Waals surface area contributed by atoms with E-state index in [0.29, 0.717) is 30.1 Å². The maximum atomic E-state index is 15.0. The molecule has 2 aromatic rings. The fourth-order valence-electron chi connectivity index (χ4n) is 8.11. The maximum Gasteiger partial charge on any atom is 0.309 e. The number of carbonyl (C=O) groups excluding carboxylic acids is 4. The quantitative estimate of drug-likeness (QED) is 0.0462. The molecule has 3 rings (SSSR count). The van der Waals surface area contributed by atoms with Gasteiger partial charge in [-0.1, -0.05) is 78.9 Å². The zero-order valence-corrected chi connectivity index (χ0v) is 38.7. The molecule has 0 aliphatic carbocycles. The van der Waals surface area contributed by atoms with Gasteiger partial charge in [-0.2, -0.15) is 0 Å². The number of nitrogens with one attached hydrogen (secondary N) is 2. The molecule has 13 nitrogen and oxygen atoms in total. The van der Waals surface area contributed by atoms with Gasteiger partial charge in [0.05, 0.1) is 11.5 Å². The number of thiazole rings is 1. The highest BCUT2D eigenvalue weighted by Gasteiger charge is 2.39. The number of hydrogen-bond acceptors (Lipinski definition) is 10. The van der Waals surface area contributed by atoms with E-state index in [9.17, 15) is 29.1 Å². The summed E-state index contributed by atoms with van der Waals surface area (Å²) >= 11 is 1.20. The lowest BCUT2D eigenvalue weighted by Gasteiger charge is -2.41. The number of carbonyl (C=O) groups is 5. The molecule has 1 aliphatic rings. The number of anilines is 1. The van der Waals surface area contributed by atoms with Gasteiger partial charge in [-0.25, -0.2) is 4.98 Å². The molecule has 5 N–H and O–H groups in total. The van der Waals surface area contributed by atoms with Gasteiger partial charge in [-0.3, -0.25) is 28.9 Å². The van der Waals surface area contributed by atoms with E-state index in [1.807, 2.05) is 44.7 Å². The monoisotopic (exact) mass is 855 g/mol. The summed E-state index contributed by atoms with van der Waals surface area (Å²) < 4.78 is 5.94. The van der Waals surface area contributed by atoms with Crippen LogP contribution in [0, 0.1) is 17.3 Å². The zero-order chi connectivity index (χ0) is 44.7. The van der Waals surface area contributed by atoms with Crippen molar-refractivity contribution in [3.05, 3.63) is 45.9 Å². The molecule has 2 heterocycles. The summed E-state index contributed by atoms with van der Waals surface area (Å²) in [5, 5.41) is 18.2. The van der Waals surface area contributed by atoms with Crippen molar-refractivity contribution < 1.29 is 33.8 Å². The van der Waals surface area contributed by atoms with Crippen LogP contribution < -0.4 is 16.4 Å². The van der Waals surface area contributed by atoms with Gasteiger partial charge in [0.2, 0.25) is 11.8 Å². The number of nitrogens with two attached hydrogens (primary N) is 1. The average molecular weight is 855 g/mol. The number of aliphatic carboxylic acids is 1. The molecule has 336 valence electrons. The normalized spacial score (nSPS) is 17.4. The van der Waals surface area contributed by atoms with Crippen LogP contribution in [0.3, 0.4) is 0 Å². The lowest BCUT2D eigenvalue weighted by Crippen LogP contribution is -2.60. The first-order chi connectivity index (χ1) is 28.3. The molecule has 0 spiro atoms. The Morgan fingerprint density at radius 3 is 2.28 bits per heavy atom. The smallest absolute Gasteiger partial charge is 0.309 e. The Balaban J connectivity index is 1.95. The van der Waals surface area contributed by atoms with Crippen LogP contribution in [-0.2, 0) is 30.3 Å². The number of likely N-dealkylation sites (tertiary alicyclic amines) is 1. The van der Waals surface area contributed by atoms with Crippen molar-refractivity contribution in [1.29, 1.82) is 0 Å². The Hall–Kier alpha value is -4.04. The first-order valence-electron chi connectivity index (χ1n) is 22.2. The fourth-order valence-corrected chi connectivity index (χ4v) is 8.95. The highest BCUT2D eigenvalue weighted by Crippen LogP contribution is 2.33. The number of ether oxygens (including phenoxy) is 1. The largest absolute Gasteiger partial charge is 0.481 e. The van der Waals surface area contributed by atoms with Crippen LogP contribution in [0.15, 0.2) is 29.6 Å². The molecule has 0 bridgehead atoms. The number of piperidine rings is 1. The highest BCUT2D eigenvalue weighted by molar-refractivity contribution is 7.09. The van der Waals surface area contributed by atoms with Crippen LogP contribution in [0.1, 0.15) is 161 Å².